The van der Waals surface area contributed by atoms with Crippen LogP contribution in [0.5, 0.6) is 5.75 Å². The van der Waals surface area contributed by atoms with E-state index in [9.17, 15) is 0 Å². The zero-order chi connectivity index (χ0) is 16.4. The fourth-order valence-corrected chi connectivity index (χ4v) is 3.26. The van der Waals surface area contributed by atoms with E-state index in [-0.39, 0.29) is 11.1 Å². The summed E-state index contributed by atoms with van der Waals surface area (Å²) in [5.74, 6) is 1.69. The third-order valence-corrected chi connectivity index (χ3v) is 4.85. The summed E-state index contributed by atoms with van der Waals surface area (Å²) >= 11 is 0. The van der Waals surface area contributed by atoms with Crippen molar-refractivity contribution in [3.05, 3.63) is 29.8 Å². The Morgan fingerprint density at radius 3 is 2.45 bits per heavy atom. The van der Waals surface area contributed by atoms with Gasteiger partial charge in [-0.25, -0.2) is 0 Å². The van der Waals surface area contributed by atoms with Gasteiger partial charge in [-0.05, 0) is 59.6 Å². The van der Waals surface area contributed by atoms with Crippen molar-refractivity contribution in [2.45, 2.75) is 52.1 Å². The van der Waals surface area contributed by atoms with Crippen molar-refractivity contribution in [3.8, 4) is 5.75 Å². The normalized spacial score (nSPS) is 20.4. The number of benzene rings is 1. The second-order valence-corrected chi connectivity index (χ2v) is 7.98. The van der Waals surface area contributed by atoms with E-state index >= 15 is 0 Å². The van der Waals surface area contributed by atoms with Crippen LogP contribution in [0.25, 0.3) is 0 Å². The van der Waals surface area contributed by atoms with Crippen LogP contribution in [0, 0.1) is 5.92 Å². The Morgan fingerprint density at radius 1 is 1.18 bits per heavy atom. The van der Waals surface area contributed by atoms with Gasteiger partial charge in [0.05, 0.1) is 7.11 Å². The highest BCUT2D eigenvalue weighted by molar-refractivity contribution is 5.38. The number of para-hydroxylation sites is 1. The van der Waals surface area contributed by atoms with E-state index in [4.69, 9.17) is 4.74 Å². The Bertz CT molecular complexity index is 490. The van der Waals surface area contributed by atoms with Crippen LogP contribution in [0.4, 0.5) is 0 Å². The van der Waals surface area contributed by atoms with Gasteiger partial charge in [-0.1, -0.05) is 18.2 Å². The summed E-state index contributed by atoms with van der Waals surface area (Å²) in [7, 11) is 1.74. The maximum absolute atomic E-state index is 5.52. The van der Waals surface area contributed by atoms with Gasteiger partial charge in [0.1, 0.15) is 5.75 Å². The first-order chi connectivity index (χ1) is 10.2. The van der Waals surface area contributed by atoms with Crippen LogP contribution in [-0.2, 0) is 5.54 Å². The zero-order valence-corrected chi connectivity index (χ0v) is 15.1. The molecule has 1 saturated heterocycles. The standard InChI is InChI=1S/C19H32N2O/c1-18(2,3)21-12-11-15(14-21)13-20-19(4,5)16-9-7-8-10-17(16)22-6/h7-10,15,20H,11-14H2,1-6H3. The van der Waals surface area contributed by atoms with Crippen molar-refractivity contribution in [1.29, 1.82) is 0 Å². The number of rotatable bonds is 5. The summed E-state index contributed by atoms with van der Waals surface area (Å²) in [6.07, 6.45) is 1.28. The maximum atomic E-state index is 5.52. The summed E-state index contributed by atoms with van der Waals surface area (Å²) in [4.78, 5) is 2.59. The molecule has 1 aliphatic heterocycles. The van der Waals surface area contributed by atoms with Crippen molar-refractivity contribution >= 4 is 0 Å². The lowest BCUT2D eigenvalue weighted by Crippen LogP contribution is -2.42. The van der Waals surface area contributed by atoms with Crippen molar-refractivity contribution in [1.82, 2.24) is 10.2 Å². The first-order valence-corrected chi connectivity index (χ1v) is 8.37. The molecule has 0 aromatic heterocycles. The zero-order valence-electron chi connectivity index (χ0n) is 15.1. The first kappa shape index (κ1) is 17.3. The number of nitrogens with one attached hydrogen (secondary N) is 1. The summed E-state index contributed by atoms with van der Waals surface area (Å²) in [5, 5.41) is 3.76. The van der Waals surface area contributed by atoms with Crippen LogP contribution in [0.15, 0.2) is 24.3 Å². The van der Waals surface area contributed by atoms with Gasteiger partial charge in [0.15, 0.2) is 0 Å². The van der Waals surface area contributed by atoms with Gasteiger partial charge in [-0.2, -0.15) is 0 Å². The van der Waals surface area contributed by atoms with Crippen molar-refractivity contribution in [2.75, 3.05) is 26.7 Å². The number of hydrogen-bond acceptors (Lipinski definition) is 3. The summed E-state index contributed by atoms with van der Waals surface area (Å²) in [5.41, 5.74) is 1.43. The highest BCUT2D eigenvalue weighted by atomic mass is 16.5. The lowest BCUT2D eigenvalue weighted by Gasteiger charge is -2.33. The minimum Gasteiger partial charge on any atom is -0.496 e. The summed E-state index contributed by atoms with van der Waals surface area (Å²) < 4.78 is 5.52. The minimum atomic E-state index is -0.0816. The van der Waals surface area contributed by atoms with Crippen molar-refractivity contribution < 1.29 is 4.74 Å². The first-order valence-electron chi connectivity index (χ1n) is 8.37. The largest absolute Gasteiger partial charge is 0.496 e. The highest BCUT2D eigenvalue weighted by Gasteiger charge is 2.31. The molecule has 3 nitrogen and oxygen atoms in total. The van der Waals surface area contributed by atoms with Crippen LogP contribution in [0.1, 0.15) is 46.6 Å². The molecule has 1 fully saturated rings. The Kier molecular flexibility index (Phi) is 5.18. The maximum Gasteiger partial charge on any atom is 0.123 e. The van der Waals surface area contributed by atoms with Gasteiger partial charge in [-0.3, -0.25) is 4.90 Å². The Morgan fingerprint density at radius 2 is 1.86 bits per heavy atom. The molecular weight excluding hydrogens is 272 g/mol. The Labute approximate surface area is 136 Å². The van der Waals surface area contributed by atoms with Crippen molar-refractivity contribution in [3.63, 3.8) is 0 Å². The van der Waals surface area contributed by atoms with E-state index in [0.29, 0.717) is 0 Å². The molecule has 0 spiro atoms. The molecule has 0 saturated carbocycles. The lowest BCUT2D eigenvalue weighted by molar-refractivity contribution is 0.166. The predicted molar refractivity (Wildman–Crippen MR) is 93.5 cm³/mol. The molecule has 1 atom stereocenters. The van der Waals surface area contributed by atoms with E-state index < -0.39 is 0 Å². The van der Waals surface area contributed by atoms with Gasteiger partial charge in [0.2, 0.25) is 0 Å². The Balaban J connectivity index is 1.96. The van der Waals surface area contributed by atoms with Gasteiger partial charge < -0.3 is 10.1 Å². The molecule has 0 aliphatic carbocycles. The van der Waals surface area contributed by atoms with Gasteiger partial charge in [0, 0.05) is 29.7 Å². The molecule has 1 aromatic carbocycles. The topological polar surface area (TPSA) is 24.5 Å². The van der Waals surface area contributed by atoms with Crippen molar-refractivity contribution in [2.24, 2.45) is 5.92 Å². The summed E-state index contributed by atoms with van der Waals surface area (Å²) in [6, 6.07) is 8.30. The molecule has 22 heavy (non-hydrogen) atoms. The molecule has 3 heteroatoms. The molecule has 0 radical (unpaired) electrons. The van der Waals surface area contributed by atoms with E-state index in [1.165, 1.54) is 25.1 Å². The molecule has 1 unspecified atom stereocenters. The number of ether oxygens (including phenoxy) is 1. The molecule has 2 rings (SSSR count). The second-order valence-electron chi connectivity index (χ2n) is 7.98. The smallest absolute Gasteiger partial charge is 0.123 e. The number of likely N-dealkylation sites (tertiary alicyclic amines) is 1. The van der Waals surface area contributed by atoms with Crippen LogP contribution in [0.2, 0.25) is 0 Å². The number of methoxy groups -OCH3 is 1. The Hall–Kier alpha value is -1.06. The molecular formula is C19H32N2O. The summed E-state index contributed by atoms with van der Waals surface area (Å²) in [6.45, 7) is 14.9. The minimum absolute atomic E-state index is 0.0816. The predicted octanol–water partition coefficient (Wildman–Crippen LogP) is 3.64. The lowest BCUT2D eigenvalue weighted by atomic mass is 9.92. The molecule has 1 aliphatic rings. The van der Waals surface area contributed by atoms with Gasteiger partial charge >= 0.3 is 0 Å². The average Bonchev–Trinajstić information content (AvgIpc) is 2.94. The van der Waals surface area contributed by atoms with E-state index in [0.717, 1.165) is 18.2 Å². The molecule has 1 N–H and O–H groups in total. The van der Waals surface area contributed by atoms with Gasteiger partial charge in [0.25, 0.3) is 0 Å². The number of hydrogen-bond donors (Lipinski definition) is 1. The van der Waals surface area contributed by atoms with E-state index in [1.807, 2.05) is 12.1 Å². The van der Waals surface area contributed by atoms with Crippen LogP contribution < -0.4 is 10.1 Å². The second kappa shape index (κ2) is 6.59. The molecule has 1 aromatic rings. The molecule has 124 valence electrons. The fourth-order valence-electron chi connectivity index (χ4n) is 3.26. The monoisotopic (exact) mass is 304 g/mol. The van der Waals surface area contributed by atoms with E-state index in [2.05, 4.69) is 57.0 Å². The molecule has 1 heterocycles. The van der Waals surface area contributed by atoms with Gasteiger partial charge in [-0.15, -0.1) is 0 Å². The van der Waals surface area contributed by atoms with Crippen LogP contribution in [0.3, 0.4) is 0 Å². The fraction of sp³-hybridized carbons (Fsp3) is 0.684. The quantitative estimate of drug-likeness (QED) is 0.899. The van der Waals surface area contributed by atoms with Crippen LogP contribution >= 0.6 is 0 Å². The van der Waals surface area contributed by atoms with Crippen LogP contribution in [-0.4, -0.2) is 37.2 Å². The van der Waals surface area contributed by atoms with E-state index in [1.54, 1.807) is 7.11 Å². The highest BCUT2D eigenvalue weighted by Crippen LogP contribution is 2.30. The molecule has 0 amide bonds. The third-order valence-electron chi connectivity index (χ3n) is 4.85. The number of nitrogens with zero attached hydrogens (tertiary/aromatic N) is 1. The molecule has 0 bridgehead atoms. The SMILES string of the molecule is COc1ccccc1C(C)(C)NCC1CCN(C(C)(C)C)C1. The third kappa shape index (κ3) is 4.02. The average molecular weight is 304 g/mol.